The lowest BCUT2D eigenvalue weighted by Gasteiger charge is -2.34. The van der Waals surface area contributed by atoms with Crippen molar-refractivity contribution in [1.29, 1.82) is 0 Å². The van der Waals surface area contributed by atoms with E-state index in [-0.39, 0.29) is 5.41 Å². The summed E-state index contributed by atoms with van der Waals surface area (Å²) in [5.74, 6) is 1.69. The van der Waals surface area contributed by atoms with Crippen LogP contribution in [0.1, 0.15) is 50.9 Å². The van der Waals surface area contributed by atoms with Crippen LogP contribution in [0.4, 0.5) is 0 Å². The molecule has 2 heteroatoms. The third-order valence-electron chi connectivity index (χ3n) is 5.88. The van der Waals surface area contributed by atoms with Crippen molar-refractivity contribution >= 4 is 0 Å². The van der Waals surface area contributed by atoms with E-state index in [2.05, 4.69) is 50.0 Å². The lowest BCUT2D eigenvalue weighted by atomic mass is 9.70. The molecular formula is C17H20N2. The average molecular weight is 252 g/mol. The zero-order chi connectivity index (χ0) is 13.3. The van der Waals surface area contributed by atoms with Crippen LogP contribution in [0.3, 0.4) is 0 Å². The van der Waals surface area contributed by atoms with E-state index in [1.165, 1.54) is 29.8 Å². The van der Waals surface area contributed by atoms with Gasteiger partial charge in [-0.2, -0.15) is 0 Å². The highest BCUT2D eigenvalue weighted by Gasteiger charge is 2.61. The zero-order valence-electron chi connectivity index (χ0n) is 11.8. The van der Waals surface area contributed by atoms with Crippen molar-refractivity contribution < 1.29 is 0 Å². The van der Waals surface area contributed by atoms with Crippen LogP contribution in [-0.4, -0.2) is 9.97 Å². The van der Waals surface area contributed by atoms with E-state index >= 15 is 0 Å². The number of nitrogens with one attached hydrogen (secondary N) is 1. The summed E-state index contributed by atoms with van der Waals surface area (Å²) in [6, 6.07) is 10.5. The van der Waals surface area contributed by atoms with Crippen LogP contribution in [0.15, 0.2) is 30.3 Å². The molecule has 2 atom stereocenters. The van der Waals surface area contributed by atoms with Crippen LogP contribution in [0.25, 0.3) is 11.4 Å². The molecule has 2 aliphatic carbocycles. The molecule has 1 aromatic carbocycles. The number of aromatic amines is 1. The monoisotopic (exact) mass is 252 g/mol. The Hall–Kier alpha value is -1.57. The second-order valence-electron chi connectivity index (χ2n) is 6.86. The van der Waals surface area contributed by atoms with E-state index < -0.39 is 0 Å². The van der Waals surface area contributed by atoms with Crippen LogP contribution in [0.2, 0.25) is 0 Å². The van der Waals surface area contributed by atoms with Gasteiger partial charge in [0.2, 0.25) is 0 Å². The van der Waals surface area contributed by atoms with Crippen LogP contribution in [-0.2, 0) is 5.41 Å². The van der Waals surface area contributed by atoms with Gasteiger partial charge in [-0.3, -0.25) is 0 Å². The summed E-state index contributed by atoms with van der Waals surface area (Å²) in [6.45, 7) is 7.21. The van der Waals surface area contributed by atoms with E-state index in [9.17, 15) is 0 Å². The van der Waals surface area contributed by atoms with Crippen molar-refractivity contribution in [2.75, 3.05) is 0 Å². The molecule has 1 saturated carbocycles. The molecule has 2 bridgehead atoms. The smallest absolute Gasteiger partial charge is 0.137 e. The van der Waals surface area contributed by atoms with Crippen molar-refractivity contribution in [2.45, 2.75) is 44.9 Å². The SMILES string of the molecule is CC12CCC(c3[nH]c(-c4ccccc4)nc31)C2(C)C. The molecule has 1 heterocycles. The molecule has 2 aromatic rings. The van der Waals surface area contributed by atoms with Gasteiger partial charge in [-0.05, 0) is 18.3 Å². The summed E-state index contributed by atoms with van der Waals surface area (Å²) in [5.41, 5.74) is 4.51. The average Bonchev–Trinajstić information content (AvgIpc) is 2.97. The summed E-state index contributed by atoms with van der Waals surface area (Å²) < 4.78 is 0. The number of fused-ring (bicyclic) bond motifs is 5. The number of imidazole rings is 1. The summed E-state index contributed by atoms with van der Waals surface area (Å²) >= 11 is 0. The topological polar surface area (TPSA) is 28.7 Å². The predicted molar refractivity (Wildman–Crippen MR) is 77.1 cm³/mol. The fourth-order valence-corrected chi connectivity index (χ4v) is 4.22. The molecule has 0 radical (unpaired) electrons. The molecule has 98 valence electrons. The highest BCUT2D eigenvalue weighted by atomic mass is 15.0. The fourth-order valence-electron chi connectivity index (χ4n) is 4.22. The Labute approximate surface area is 114 Å². The third kappa shape index (κ3) is 1.20. The molecule has 0 saturated heterocycles. The molecule has 19 heavy (non-hydrogen) atoms. The number of hydrogen-bond donors (Lipinski definition) is 1. The van der Waals surface area contributed by atoms with Gasteiger partial charge in [0.25, 0.3) is 0 Å². The van der Waals surface area contributed by atoms with Crippen molar-refractivity contribution in [2.24, 2.45) is 5.41 Å². The number of aromatic nitrogens is 2. The summed E-state index contributed by atoms with van der Waals surface area (Å²) in [5, 5.41) is 0. The Kier molecular flexibility index (Phi) is 1.96. The van der Waals surface area contributed by atoms with Gasteiger partial charge >= 0.3 is 0 Å². The second kappa shape index (κ2) is 3.30. The van der Waals surface area contributed by atoms with Gasteiger partial charge in [0.05, 0.1) is 5.69 Å². The maximum atomic E-state index is 4.96. The van der Waals surface area contributed by atoms with E-state index in [1.54, 1.807) is 0 Å². The molecule has 1 fully saturated rings. The zero-order valence-corrected chi connectivity index (χ0v) is 11.8. The Morgan fingerprint density at radius 2 is 1.89 bits per heavy atom. The predicted octanol–water partition coefficient (Wildman–Crippen LogP) is 4.25. The maximum absolute atomic E-state index is 4.96. The molecule has 1 aromatic heterocycles. The molecular weight excluding hydrogens is 232 g/mol. The molecule has 0 aliphatic heterocycles. The van der Waals surface area contributed by atoms with Gasteiger partial charge < -0.3 is 4.98 Å². The van der Waals surface area contributed by atoms with Crippen LogP contribution < -0.4 is 0 Å². The first kappa shape index (κ1) is 11.3. The van der Waals surface area contributed by atoms with Crippen molar-refractivity contribution in [1.82, 2.24) is 9.97 Å². The fraction of sp³-hybridized carbons (Fsp3) is 0.471. The quantitative estimate of drug-likeness (QED) is 0.807. The normalized spacial score (nSPS) is 30.6. The van der Waals surface area contributed by atoms with Crippen molar-refractivity contribution in [3.05, 3.63) is 41.7 Å². The van der Waals surface area contributed by atoms with E-state index in [0.29, 0.717) is 11.3 Å². The van der Waals surface area contributed by atoms with Crippen molar-refractivity contribution in [3.63, 3.8) is 0 Å². The standard InChI is InChI=1S/C17H20N2/c1-16(2)12-9-10-17(16,3)14-13(12)18-15(19-14)11-7-5-4-6-8-11/h4-8,12H,9-10H2,1-3H3,(H,18,19). The molecule has 2 aliphatic rings. The highest BCUT2D eigenvalue weighted by molar-refractivity contribution is 5.58. The minimum Gasteiger partial charge on any atom is -0.341 e. The minimum absolute atomic E-state index is 0.247. The van der Waals surface area contributed by atoms with E-state index in [1.807, 2.05) is 6.07 Å². The Bertz CT molecular complexity index is 639. The van der Waals surface area contributed by atoms with Gasteiger partial charge in [0.1, 0.15) is 5.82 Å². The number of rotatable bonds is 1. The Morgan fingerprint density at radius 3 is 2.58 bits per heavy atom. The summed E-state index contributed by atoms with van der Waals surface area (Å²) in [6.07, 6.45) is 2.57. The molecule has 1 N–H and O–H groups in total. The second-order valence-corrected chi connectivity index (χ2v) is 6.86. The first-order chi connectivity index (χ1) is 9.04. The van der Waals surface area contributed by atoms with Crippen LogP contribution in [0.5, 0.6) is 0 Å². The first-order valence-electron chi connectivity index (χ1n) is 7.20. The first-order valence-corrected chi connectivity index (χ1v) is 7.20. The lowest BCUT2D eigenvalue weighted by molar-refractivity contribution is 0.226. The van der Waals surface area contributed by atoms with Gasteiger partial charge in [-0.1, -0.05) is 51.1 Å². The largest absolute Gasteiger partial charge is 0.341 e. The number of H-pyrrole nitrogens is 1. The Balaban J connectivity index is 1.88. The molecule has 0 amide bonds. The molecule has 2 nitrogen and oxygen atoms in total. The summed E-state index contributed by atoms with van der Waals surface area (Å²) in [4.78, 5) is 8.57. The number of nitrogens with zero attached hydrogens (tertiary/aromatic N) is 1. The number of benzene rings is 1. The van der Waals surface area contributed by atoms with E-state index in [4.69, 9.17) is 4.98 Å². The highest BCUT2D eigenvalue weighted by Crippen LogP contribution is 2.67. The van der Waals surface area contributed by atoms with Crippen molar-refractivity contribution in [3.8, 4) is 11.4 Å². The van der Waals surface area contributed by atoms with E-state index in [0.717, 1.165) is 5.82 Å². The number of hydrogen-bond acceptors (Lipinski definition) is 1. The Morgan fingerprint density at radius 1 is 1.16 bits per heavy atom. The van der Waals surface area contributed by atoms with Gasteiger partial charge in [0.15, 0.2) is 0 Å². The third-order valence-corrected chi connectivity index (χ3v) is 5.88. The molecule has 0 spiro atoms. The maximum Gasteiger partial charge on any atom is 0.137 e. The van der Waals surface area contributed by atoms with Gasteiger partial charge in [-0.25, -0.2) is 4.98 Å². The van der Waals surface area contributed by atoms with Gasteiger partial charge in [0, 0.05) is 22.6 Å². The minimum atomic E-state index is 0.247. The molecule has 4 rings (SSSR count). The summed E-state index contributed by atoms with van der Waals surface area (Å²) in [7, 11) is 0. The molecule has 2 unspecified atom stereocenters. The van der Waals surface area contributed by atoms with Crippen LogP contribution in [0, 0.1) is 5.41 Å². The lowest BCUT2D eigenvalue weighted by Crippen LogP contribution is -2.31. The van der Waals surface area contributed by atoms with Crippen LogP contribution >= 0.6 is 0 Å². The van der Waals surface area contributed by atoms with Gasteiger partial charge in [-0.15, -0.1) is 0 Å².